The number of nitrogen functional groups attached to an aromatic ring is 1. The summed E-state index contributed by atoms with van der Waals surface area (Å²) in [7, 11) is -4.14. The third kappa shape index (κ3) is 2.90. The molecule has 5 nitrogen and oxygen atoms in total. The van der Waals surface area contributed by atoms with E-state index in [4.69, 9.17) is 17.3 Å². The summed E-state index contributed by atoms with van der Waals surface area (Å²) in [4.78, 5) is -0.595. The molecular weight excluding hydrogens is 307 g/mol. The molecule has 1 aromatic rings. The molecule has 8 heteroatoms. The van der Waals surface area contributed by atoms with Crippen molar-refractivity contribution in [2.75, 3.05) is 12.3 Å². The molecule has 0 aromatic heterocycles. The zero-order valence-electron chi connectivity index (χ0n) is 10.7. The summed E-state index contributed by atoms with van der Waals surface area (Å²) in [6.45, 7) is -0.329. The zero-order valence-corrected chi connectivity index (χ0v) is 12.3. The lowest BCUT2D eigenvalue weighted by atomic mass is 10.0. The third-order valence-corrected chi connectivity index (χ3v) is 5.37. The second kappa shape index (κ2) is 5.48. The van der Waals surface area contributed by atoms with E-state index < -0.39 is 26.3 Å². The molecule has 0 aliphatic heterocycles. The van der Waals surface area contributed by atoms with E-state index >= 15 is 0 Å². The highest BCUT2D eigenvalue weighted by Crippen LogP contribution is 2.32. The number of benzene rings is 1. The summed E-state index contributed by atoms with van der Waals surface area (Å²) >= 11 is 5.61. The Morgan fingerprint density at radius 2 is 2.00 bits per heavy atom. The average Bonchev–Trinajstić information content (AvgIpc) is 2.82. The Bertz CT molecular complexity index is 615. The topological polar surface area (TPSA) is 92.4 Å². The van der Waals surface area contributed by atoms with Crippen LogP contribution in [-0.4, -0.2) is 25.7 Å². The molecule has 1 aliphatic rings. The van der Waals surface area contributed by atoms with Crippen LogP contribution in [0, 0.1) is 5.82 Å². The zero-order chi connectivity index (χ0) is 15.0. The van der Waals surface area contributed by atoms with Crippen LogP contribution in [0.2, 0.25) is 5.02 Å². The van der Waals surface area contributed by atoms with Crippen LogP contribution >= 0.6 is 11.6 Å². The lowest BCUT2D eigenvalue weighted by Crippen LogP contribution is -2.49. The van der Waals surface area contributed by atoms with Gasteiger partial charge in [-0.25, -0.2) is 17.5 Å². The molecule has 1 aliphatic carbocycles. The van der Waals surface area contributed by atoms with Gasteiger partial charge in [-0.1, -0.05) is 24.4 Å². The van der Waals surface area contributed by atoms with Gasteiger partial charge < -0.3 is 10.8 Å². The lowest BCUT2D eigenvalue weighted by molar-refractivity contribution is 0.185. The highest BCUT2D eigenvalue weighted by Gasteiger charge is 2.38. The van der Waals surface area contributed by atoms with Crippen molar-refractivity contribution in [1.29, 1.82) is 0 Å². The van der Waals surface area contributed by atoms with Crippen molar-refractivity contribution in [2.45, 2.75) is 36.1 Å². The predicted octanol–water partition coefficient (Wildman–Crippen LogP) is 1.64. The van der Waals surface area contributed by atoms with E-state index in [2.05, 4.69) is 4.72 Å². The van der Waals surface area contributed by atoms with Gasteiger partial charge in [0.15, 0.2) is 5.82 Å². The SMILES string of the molecule is Nc1cc(Cl)c(F)c(S(=O)(=O)NC2(CO)CCCC2)c1. The Hall–Kier alpha value is -0.890. The molecule has 0 unspecified atom stereocenters. The van der Waals surface area contributed by atoms with Gasteiger partial charge in [0.1, 0.15) is 4.90 Å². The molecule has 1 fully saturated rings. The Labute approximate surface area is 122 Å². The first-order valence-corrected chi connectivity index (χ1v) is 8.05. The number of rotatable bonds is 4. The highest BCUT2D eigenvalue weighted by molar-refractivity contribution is 7.89. The Balaban J connectivity index is 2.41. The van der Waals surface area contributed by atoms with E-state index in [0.717, 1.165) is 25.0 Å². The highest BCUT2D eigenvalue weighted by atomic mass is 35.5. The molecule has 1 saturated carbocycles. The first kappa shape index (κ1) is 15.5. The van der Waals surface area contributed by atoms with Gasteiger partial charge in [0.2, 0.25) is 10.0 Å². The summed E-state index contributed by atoms with van der Waals surface area (Å²) in [6, 6.07) is 2.16. The fourth-order valence-corrected chi connectivity index (χ4v) is 4.33. The summed E-state index contributed by atoms with van der Waals surface area (Å²) < 4.78 is 40.9. The average molecular weight is 323 g/mol. The molecule has 0 heterocycles. The standard InChI is InChI=1S/C12H16ClFN2O3S/c13-9-5-8(15)6-10(11(9)14)20(18,19)16-12(7-17)3-1-2-4-12/h5-6,16-17H,1-4,7,15H2. The van der Waals surface area contributed by atoms with Crippen LogP contribution in [0.3, 0.4) is 0 Å². The second-order valence-corrected chi connectivity index (χ2v) is 7.12. The van der Waals surface area contributed by atoms with Crippen LogP contribution < -0.4 is 10.5 Å². The molecule has 0 radical (unpaired) electrons. The molecule has 20 heavy (non-hydrogen) atoms. The molecule has 2 rings (SSSR count). The van der Waals surface area contributed by atoms with Crippen LogP contribution in [0.25, 0.3) is 0 Å². The minimum Gasteiger partial charge on any atom is -0.399 e. The first-order chi connectivity index (χ1) is 9.30. The summed E-state index contributed by atoms with van der Waals surface area (Å²) in [5, 5.41) is 9.08. The molecule has 0 saturated heterocycles. The number of nitrogens with two attached hydrogens (primary N) is 1. The van der Waals surface area contributed by atoms with Gasteiger partial charge >= 0.3 is 0 Å². The summed E-state index contributed by atoms with van der Waals surface area (Å²) in [5.41, 5.74) is 4.63. The number of anilines is 1. The Kier molecular flexibility index (Phi) is 4.24. The fraction of sp³-hybridized carbons (Fsp3) is 0.500. The molecule has 0 amide bonds. The lowest BCUT2D eigenvalue weighted by Gasteiger charge is -2.27. The van der Waals surface area contributed by atoms with Crippen molar-refractivity contribution in [3.05, 3.63) is 23.0 Å². The number of sulfonamides is 1. The van der Waals surface area contributed by atoms with Crippen molar-refractivity contribution in [3.8, 4) is 0 Å². The monoisotopic (exact) mass is 322 g/mol. The van der Waals surface area contributed by atoms with Gasteiger partial charge in [-0.3, -0.25) is 0 Å². The van der Waals surface area contributed by atoms with Crippen molar-refractivity contribution in [1.82, 2.24) is 4.72 Å². The molecule has 0 bridgehead atoms. The molecule has 1 aromatic carbocycles. The summed E-state index contributed by atoms with van der Waals surface area (Å²) in [5.74, 6) is -1.04. The van der Waals surface area contributed by atoms with Crippen LogP contribution in [-0.2, 0) is 10.0 Å². The first-order valence-electron chi connectivity index (χ1n) is 6.19. The maximum absolute atomic E-state index is 13.9. The van der Waals surface area contributed by atoms with Gasteiger partial charge in [-0.15, -0.1) is 0 Å². The van der Waals surface area contributed by atoms with Crippen LogP contribution in [0.5, 0.6) is 0 Å². The number of halogens is 2. The van der Waals surface area contributed by atoms with E-state index in [1.165, 1.54) is 0 Å². The Morgan fingerprint density at radius 3 is 2.55 bits per heavy atom. The molecule has 4 N–H and O–H groups in total. The normalized spacial score (nSPS) is 18.4. The van der Waals surface area contributed by atoms with Crippen molar-refractivity contribution in [2.24, 2.45) is 0 Å². The fourth-order valence-electron chi connectivity index (χ4n) is 2.46. The van der Waals surface area contributed by atoms with Crippen molar-refractivity contribution in [3.63, 3.8) is 0 Å². The minimum absolute atomic E-state index is 0.0567. The van der Waals surface area contributed by atoms with Gasteiger partial charge in [0.05, 0.1) is 17.2 Å². The van der Waals surface area contributed by atoms with E-state index in [1.54, 1.807) is 0 Å². The molecular formula is C12H16ClFN2O3S. The number of hydrogen-bond acceptors (Lipinski definition) is 4. The van der Waals surface area contributed by atoms with Crippen molar-refractivity contribution < 1.29 is 17.9 Å². The minimum atomic E-state index is -4.14. The van der Waals surface area contributed by atoms with Crippen LogP contribution in [0.15, 0.2) is 17.0 Å². The third-order valence-electron chi connectivity index (χ3n) is 3.52. The van der Waals surface area contributed by atoms with Gasteiger partial charge in [0, 0.05) is 5.69 Å². The number of aliphatic hydroxyl groups excluding tert-OH is 1. The smallest absolute Gasteiger partial charge is 0.244 e. The maximum atomic E-state index is 13.9. The van der Waals surface area contributed by atoms with Gasteiger partial charge in [0.25, 0.3) is 0 Å². The molecule has 0 atom stereocenters. The quantitative estimate of drug-likeness (QED) is 0.735. The predicted molar refractivity (Wildman–Crippen MR) is 74.4 cm³/mol. The van der Waals surface area contributed by atoms with Gasteiger partial charge in [-0.2, -0.15) is 0 Å². The van der Waals surface area contributed by atoms with E-state index in [1.807, 2.05) is 0 Å². The number of hydrogen-bond donors (Lipinski definition) is 3. The molecule has 112 valence electrons. The van der Waals surface area contributed by atoms with Crippen molar-refractivity contribution >= 4 is 27.3 Å². The van der Waals surface area contributed by atoms with Crippen LogP contribution in [0.1, 0.15) is 25.7 Å². The van der Waals surface area contributed by atoms with E-state index in [9.17, 15) is 17.9 Å². The second-order valence-electron chi connectivity index (χ2n) is 5.07. The van der Waals surface area contributed by atoms with E-state index in [-0.39, 0.29) is 17.3 Å². The maximum Gasteiger partial charge on any atom is 0.244 e. The van der Waals surface area contributed by atoms with Gasteiger partial charge in [-0.05, 0) is 25.0 Å². The number of aliphatic hydroxyl groups is 1. The van der Waals surface area contributed by atoms with Crippen LogP contribution in [0.4, 0.5) is 10.1 Å². The summed E-state index contributed by atoms with van der Waals surface area (Å²) in [6.07, 6.45) is 2.65. The number of nitrogens with one attached hydrogen (secondary N) is 1. The van der Waals surface area contributed by atoms with E-state index in [0.29, 0.717) is 12.8 Å². The molecule has 0 spiro atoms. The largest absolute Gasteiger partial charge is 0.399 e. The Morgan fingerprint density at radius 1 is 1.40 bits per heavy atom.